The lowest BCUT2D eigenvalue weighted by molar-refractivity contribution is 0.497. The molecule has 138 valence electrons. The molecule has 3 heterocycles. The van der Waals surface area contributed by atoms with Crippen molar-refractivity contribution < 1.29 is 8.42 Å². The van der Waals surface area contributed by atoms with Crippen LogP contribution in [0.25, 0.3) is 5.65 Å². The first-order chi connectivity index (χ1) is 12.5. The molecule has 0 atom stereocenters. The second-order valence-electron chi connectivity index (χ2n) is 6.86. The molecule has 9 heteroatoms. The van der Waals surface area contributed by atoms with Gasteiger partial charge in [0.05, 0.1) is 10.7 Å². The van der Waals surface area contributed by atoms with Crippen LogP contribution in [0.5, 0.6) is 0 Å². The van der Waals surface area contributed by atoms with Crippen molar-refractivity contribution in [1.29, 1.82) is 0 Å². The van der Waals surface area contributed by atoms with Crippen LogP contribution in [0.4, 0.5) is 0 Å². The van der Waals surface area contributed by atoms with E-state index in [-0.39, 0.29) is 10.9 Å². The van der Waals surface area contributed by atoms with Crippen molar-refractivity contribution in [2.45, 2.75) is 49.4 Å². The van der Waals surface area contributed by atoms with Crippen molar-refractivity contribution in [3.63, 3.8) is 0 Å². The van der Waals surface area contributed by atoms with E-state index in [4.69, 9.17) is 11.6 Å². The normalized spacial score (nSPS) is 15.9. The van der Waals surface area contributed by atoms with E-state index < -0.39 is 9.84 Å². The molecule has 4 rings (SSSR count). The van der Waals surface area contributed by atoms with Gasteiger partial charge in [0.2, 0.25) is 9.84 Å². The highest BCUT2D eigenvalue weighted by molar-refractivity contribution is 7.90. The monoisotopic (exact) mass is 393 g/mol. The number of rotatable bonds is 6. The van der Waals surface area contributed by atoms with Crippen LogP contribution >= 0.6 is 11.6 Å². The third-order valence-electron chi connectivity index (χ3n) is 4.86. The zero-order chi connectivity index (χ0) is 18.1. The van der Waals surface area contributed by atoms with Gasteiger partial charge >= 0.3 is 0 Å². The van der Waals surface area contributed by atoms with Gasteiger partial charge in [0.15, 0.2) is 0 Å². The summed E-state index contributed by atoms with van der Waals surface area (Å²) in [5.41, 5.74) is 1.08. The zero-order valence-corrected chi connectivity index (χ0v) is 15.8. The Bertz CT molecular complexity index is 1020. The second kappa shape index (κ2) is 7.00. The standard InChI is InChI=1S/C17H20ClN5O2S/c18-13-6-8-16-19-14(10-23(16)9-13)11-26(24,25)17-20-15(21-22-17)7-5-12-3-1-2-4-12/h6,8-10,12H,1-5,7,11H2,(H,20,21,22). The van der Waals surface area contributed by atoms with Crippen molar-refractivity contribution >= 4 is 27.1 Å². The van der Waals surface area contributed by atoms with Gasteiger partial charge in [0.1, 0.15) is 17.2 Å². The minimum atomic E-state index is -3.65. The van der Waals surface area contributed by atoms with Crippen molar-refractivity contribution in [2.24, 2.45) is 5.92 Å². The molecule has 0 aliphatic heterocycles. The number of aromatic amines is 1. The fourth-order valence-electron chi connectivity index (χ4n) is 3.51. The highest BCUT2D eigenvalue weighted by atomic mass is 35.5. The summed E-state index contributed by atoms with van der Waals surface area (Å²) in [6.45, 7) is 0. The number of H-pyrrole nitrogens is 1. The summed E-state index contributed by atoms with van der Waals surface area (Å²) in [4.78, 5) is 8.52. The molecule has 0 aromatic carbocycles. The Morgan fingerprint density at radius 2 is 2.00 bits per heavy atom. The lowest BCUT2D eigenvalue weighted by Gasteiger charge is -2.05. The maximum atomic E-state index is 12.6. The van der Waals surface area contributed by atoms with E-state index in [0.29, 0.717) is 22.2 Å². The summed E-state index contributed by atoms with van der Waals surface area (Å²) < 4.78 is 26.9. The van der Waals surface area contributed by atoms with Gasteiger partial charge in [0, 0.05) is 18.8 Å². The smallest absolute Gasteiger partial charge is 0.267 e. The lowest BCUT2D eigenvalue weighted by Crippen LogP contribution is -2.07. The Hall–Kier alpha value is -1.93. The van der Waals surface area contributed by atoms with E-state index in [0.717, 1.165) is 18.8 Å². The van der Waals surface area contributed by atoms with Gasteiger partial charge < -0.3 is 4.40 Å². The molecular weight excluding hydrogens is 374 g/mol. The predicted octanol–water partition coefficient (Wildman–Crippen LogP) is 3.20. The first kappa shape index (κ1) is 17.5. The molecule has 0 spiro atoms. The second-order valence-corrected chi connectivity index (χ2v) is 9.18. The molecule has 26 heavy (non-hydrogen) atoms. The molecule has 1 fully saturated rings. The third-order valence-corrected chi connectivity index (χ3v) is 6.49. The summed E-state index contributed by atoms with van der Waals surface area (Å²) in [7, 11) is -3.65. The van der Waals surface area contributed by atoms with E-state index in [1.807, 2.05) is 0 Å². The van der Waals surface area contributed by atoms with Gasteiger partial charge in [-0.1, -0.05) is 37.3 Å². The van der Waals surface area contributed by atoms with Crippen molar-refractivity contribution in [3.8, 4) is 0 Å². The Morgan fingerprint density at radius 3 is 2.81 bits per heavy atom. The maximum absolute atomic E-state index is 12.6. The number of sulfone groups is 1. The quantitative estimate of drug-likeness (QED) is 0.694. The molecule has 0 radical (unpaired) electrons. The number of aryl methyl sites for hydroxylation is 1. The number of halogens is 1. The minimum absolute atomic E-state index is 0.158. The first-order valence-electron chi connectivity index (χ1n) is 8.77. The Kier molecular flexibility index (Phi) is 4.71. The van der Waals surface area contributed by atoms with Gasteiger partial charge in [-0.05, 0) is 24.5 Å². The van der Waals surface area contributed by atoms with E-state index in [2.05, 4.69) is 20.2 Å². The molecule has 3 aromatic heterocycles. The predicted molar refractivity (Wildman–Crippen MR) is 97.8 cm³/mol. The zero-order valence-electron chi connectivity index (χ0n) is 14.2. The number of nitrogens with one attached hydrogen (secondary N) is 1. The van der Waals surface area contributed by atoms with Crippen molar-refractivity contribution in [2.75, 3.05) is 0 Å². The van der Waals surface area contributed by atoms with Gasteiger partial charge in [0.25, 0.3) is 5.16 Å². The molecule has 1 aliphatic rings. The van der Waals surface area contributed by atoms with Crippen LogP contribution in [-0.4, -0.2) is 33.0 Å². The van der Waals surface area contributed by atoms with E-state index in [1.165, 1.54) is 25.7 Å². The number of nitrogens with zero attached hydrogens (tertiary/aromatic N) is 4. The van der Waals surface area contributed by atoms with Gasteiger partial charge in [-0.2, -0.15) is 0 Å². The summed E-state index contributed by atoms with van der Waals surface area (Å²) in [6, 6.07) is 3.46. The third kappa shape index (κ3) is 3.76. The summed E-state index contributed by atoms with van der Waals surface area (Å²) in [5.74, 6) is 1.12. The van der Waals surface area contributed by atoms with Crippen LogP contribution < -0.4 is 0 Å². The largest absolute Gasteiger partial charge is 0.305 e. The number of hydrogen-bond donors (Lipinski definition) is 1. The van der Waals surface area contributed by atoms with Crippen molar-refractivity contribution in [1.82, 2.24) is 24.6 Å². The Labute approximate surface area is 156 Å². The van der Waals surface area contributed by atoms with Crippen LogP contribution in [0, 0.1) is 5.92 Å². The number of pyridine rings is 1. The van der Waals surface area contributed by atoms with E-state index >= 15 is 0 Å². The van der Waals surface area contributed by atoms with E-state index in [1.54, 1.807) is 28.9 Å². The Balaban J connectivity index is 1.47. The molecule has 7 nitrogen and oxygen atoms in total. The molecule has 3 aromatic rings. The topological polar surface area (TPSA) is 93.0 Å². The average Bonchev–Trinajstić information content (AvgIpc) is 3.32. The molecule has 0 bridgehead atoms. The number of aromatic nitrogens is 5. The highest BCUT2D eigenvalue weighted by Crippen LogP contribution is 2.28. The molecule has 1 N–H and O–H groups in total. The average molecular weight is 394 g/mol. The number of hydrogen-bond acceptors (Lipinski definition) is 5. The van der Waals surface area contributed by atoms with E-state index in [9.17, 15) is 8.42 Å². The minimum Gasteiger partial charge on any atom is -0.305 e. The van der Waals surface area contributed by atoms with Crippen molar-refractivity contribution in [3.05, 3.63) is 41.1 Å². The van der Waals surface area contributed by atoms with Crippen LogP contribution in [0.3, 0.4) is 0 Å². The molecule has 0 saturated heterocycles. The van der Waals surface area contributed by atoms with Gasteiger partial charge in [-0.3, -0.25) is 5.10 Å². The Morgan fingerprint density at radius 1 is 1.19 bits per heavy atom. The van der Waals surface area contributed by atoms with Gasteiger partial charge in [-0.15, -0.1) is 5.10 Å². The summed E-state index contributed by atoms with van der Waals surface area (Å²) >= 11 is 5.95. The summed E-state index contributed by atoms with van der Waals surface area (Å²) in [5, 5.41) is 7.09. The van der Waals surface area contributed by atoms with Crippen LogP contribution in [0.2, 0.25) is 5.02 Å². The molecule has 0 amide bonds. The number of fused-ring (bicyclic) bond motifs is 1. The fourth-order valence-corrected chi connectivity index (χ4v) is 4.77. The SMILES string of the molecule is O=S(=O)(Cc1cn2cc(Cl)ccc2n1)c1n[nH]c(CCC2CCCC2)n1. The highest BCUT2D eigenvalue weighted by Gasteiger charge is 2.23. The van der Waals surface area contributed by atoms with Gasteiger partial charge in [-0.25, -0.2) is 18.4 Å². The lowest BCUT2D eigenvalue weighted by atomic mass is 10.0. The molecular formula is C17H20ClN5O2S. The molecule has 1 aliphatic carbocycles. The maximum Gasteiger partial charge on any atom is 0.267 e. The fraction of sp³-hybridized carbons (Fsp3) is 0.471. The molecule has 0 unspecified atom stereocenters. The number of imidazole rings is 1. The van der Waals surface area contributed by atoms with Crippen LogP contribution in [0.15, 0.2) is 29.7 Å². The van der Waals surface area contributed by atoms with Crippen LogP contribution in [-0.2, 0) is 22.0 Å². The molecule has 1 saturated carbocycles. The summed E-state index contributed by atoms with van der Waals surface area (Å²) in [6.07, 6.45) is 10.2. The van der Waals surface area contributed by atoms with Crippen LogP contribution in [0.1, 0.15) is 43.6 Å². The first-order valence-corrected chi connectivity index (χ1v) is 10.8.